The molecule has 2 aliphatic heterocycles. The normalized spacial score (nSPS) is 24.2. The second-order valence-corrected chi connectivity index (χ2v) is 7.70. The fourth-order valence-electron chi connectivity index (χ4n) is 3.07. The van der Waals surface area contributed by atoms with Gasteiger partial charge in [-0.2, -0.15) is 0 Å². The smallest absolute Gasteiger partial charge is 0.304 e. The number of hydrogen-bond acceptors (Lipinski definition) is 5. The van der Waals surface area contributed by atoms with E-state index in [1.54, 1.807) is 19.3 Å². The lowest BCUT2D eigenvalue weighted by atomic mass is 9.92. The number of allylic oxidation sites excluding steroid dienone is 2. The highest BCUT2D eigenvalue weighted by molar-refractivity contribution is 7.94. The van der Waals surface area contributed by atoms with Crippen molar-refractivity contribution in [3.8, 4) is 0 Å². The van der Waals surface area contributed by atoms with Crippen LogP contribution in [0.5, 0.6) is 0 Å². The van der Waals surface area contributed by atoms with Crippen molar-refractivity contribution in [3.05, 3.63) is 34.5 Å². The number of nitrogens with zero attached hydrogens (tertiary/aromatic N) is 1. The Labute approximate surface area is 131 Å². The van der Waals surface area contributed by atoms with Gasteiger partial charge in [0.05, 0.1) is 11.3 Å². The van der Waals surface area contributed by atoms with E-state index in [9.17, 15) is 13.2 Å². The lowest BCUT2D eigenvalue weighted by Crippen LogP contribution is -2.31. The number of carboxylic acids is 1. The zero-order chi connectivity index (χ0) is 16.3. The number of carboxylic acid groups (broad SMARTS) is 1. The highest BCUT2D eigenvalue weighted by Crippen LogP contribution is 2.36. The van der Waals surface area contributed by atoms with Crippen LogP contribution in [0.4, 0.5) is 0 Å². The Morgan fingerprint density at radius 1 is 1.55 bits per heavy atom. The van der Waals surface area contributed by atoms with Gasteiger partial charge in [0.25, 0.3) is 0 Å². The molecule has 2 N–H and O–H groups in total. The molecule has 0 saturated carbocycles. The van der Waals surface area contributed by atoms with Crippen molar-refractivity contribution < 1.29 is 18.3 Å². The van der Waals surface area contributed by atoms with E-state index in [2.05, 4.69) is 10.2 Å². The standard InChI is InChI=1S/C15H22N2O4S/c1-16-6-5-14(22(2,20)21)12-8-13-11(9-15(18)19)4-3-7-17(13)10-12/h5-6,8,11,16H,3-4,7,9-10H2,1-2H3,(H,18,19)/b6-5-,14-12+. The predicted molar refractivity (Wildman–Crippen MR) is 84.7 cm³/mol. The van der Waals surface area contributed by atoms with E-state index in [1.165, 1.54) is 6.26 Å². The molecule has 2 aliphatic rings. The number of fused-ring (bicyclic) bond motifs is 1. The minimum atomic E-state index is -3.34. The summed E-state index contributed by atoms with van der Waals surface area (Å²) in [7, 11) is -1.63. The fourth-order valence-corrected chi connectivity index (χ4v) is 3.98. The maximum atomic E-state index is 12.0. The second-order valence-electron chi connectivity index (χ2n) is 5.71. The van der Waals surface area contributed by atoms with Crippen LogP contribution in [-0.4, -0.2) is 50.8 Å². The SMILES string of the molecule is CN/C=C\C(=C1\C=C2C(CC(=O)O)CCCN2C1)S(C)(=O)=O. The largest absolute Gasteiger partial charge is 0.481 e. The summed E-state index contributed by atoms with van der Waals surface area (Å²) in [5.41, 5.74) is 1.70. The highest BCUT2D eigenvalue weighted by atomic mass is 32.2. The van der Waals surface area contributed by atoms with Gasteiger partial charge in [-0.1, -0.05) is 0 Å². The first-order valence-electron chi connectivity index (χ1n) is 7.28. The van der Waals surface area contributed by atoms with Gasteiger partial charge in [-0.15, -0.1) is 0 Å². The molecule has 1 unspecified atom stereocenters. The highest BCUT2D eigenvalue weighted by Gasteiger charge is 2.32. The van der Waals surface area contributed by atoms with Gasteiger partial charge in [0.2, 0.25) is 0 Å². The summed E-state index contributed by atoms with van der Waals surface area (Å²) in [4.78, 5) is 13.4. The predicted octanol–water partition coefficient (Wildman–Crippen LogP) is 1.10. The van der Waals surface area contributed by atoms with E-state index in [-0.39, 0.29) is 17.2 Å². The maximum Gasteiger partial charge on any atom is 0.304 e. The number of carbonyl (C=O) groups is 1. The molecule has 0 amide bonds. The molecule has 122 valence electrons. The van der Waals surface area contributed by atoms with Crippen molar-refractivity contribution in [1.29, 1.82) is 0 Å². The van der Waals surface area contributed by atoms with E-state index in [4.69, 9.17) is 5.11 Å². The Morgan fingerprint density at radius 3 is 2.86 bits per heavy atom. The maximum absolute atomic E-state index is 12.0. The molecule has 1 fully saturated rings. The molecule has 0 aromatic carbocycles. The third-order valence-electron chi connectivity index (χ3n) is 3.99. The van der Waals surface area contributed by atoms with Gasteiger partial charge in [-0.3, -0.25) is 4.79 Å². The first kappa shape index (κ1) is 16.6. The van der Waals surface area contributed by atoms with Gasteiger partial charge >= 0.3 is 5.97 Å². The number of rotatable bonds is 5. The molecule has 0 radical (unpaired) electrons. The van der Waals surface area contributed by atoms with E-state index in [0.29, 0.717) is 6.54 Å². The van der Waals surface area contributed by atoms with E-state index < -0.39 is 15.8 Å². The Hall–Kier alpha value is -1.76. The zero-order valence-corrected chi connectivity index (χ0v) is 13.7. The van der Waals surface area contributed by atoms with Gasteiger partial charge < -0.3 is 15.3 Å². The first-order chi connectivity index (χ1) is 10.3. The summed E-state index contributed by atoms with van der Waals surface area (Å²) in [6.45, 7) is 1.38. The van der Waals surface area contributed by atoms with Gasteiger partial charge in [-0.05, 0) is 36.8 Å². The van der Waals surface area contributed by atoms with Crippen LogP contribution in [0.2, 0.25) is 0 Å². The summed E-state index contributed by atoms with van der Waals surface area (Å²) < 4.78 is 24.0. The molecule has 2 heterocycles. The van der Waals surface area contributed by atoms with Crippen LogP contribution in [0, 0.1) is 5.92 Å². The minimum absolute atomic E-state index is 0.0298. The molecule has 0 aliphatic carbocycles. The zero-order valence-electron chi connectivity index (χ0n) is 12.9. The first-order valence-corrected chi connectivity index (χ1v) is 9.17. The Bertz CT molecular complexity index is 646. The monoisotopic (exact) mass is 326 g/mol. The summed E-state index contributed by atoms with van der Waals surface area (Å²) in [6.07, 6.45) is 8.07. The lowest BCUT2D eigenvalue weighted by molar-refractivity contribution is -0.138. The van der Waals surface area contributed by atoms with Gasteiger partial charge in [0.1, 0.15) is 0 Å². The number of piperidine rings is 1. The van der Waals surface area contributed by atoms with Crippen LogP contribution >= 0.6 is 0 Å². The third kappa shape index (κ3) is 3.71. The molecule has 2 rings (SSSR count). The van der Waals surface area contributed by atoms with E-state index >= 15 is 0 Å². The van der Waals surface area contributed by atoms with Crippen LogP contribution in [-0.2, 0) is 14.6 Å². The van der Waals surface area contributed by atoms with Crippen molar-refractivity contribution in [1.82, 2.24) is 10.2 Å². The molecule has 0 aromatic heterocycles. The van der Waals surface area contributed by atoms with E-state index in [1.807, 2.05) is 6.08 Å². The molecule has 22 heavy (non-hydrogen) atoms. The Kier molecular flexibility index (Phi) is 4.95. The summed E-state index contributed by atoms with van der Waals surface area (Å²) >= 11 is 0. The molecular weight excluding hydrogens is 304 g/mol. The van der Waals surface area contributed by atoms with Crippen molar-refractivity contribution >= 4 is 15.8 Å². The molecule has 6 nitrogen and oxygen atoms in total. The molecule has 0 spiro atoms. The van der Waals surface area contributed by atoms with Crippen LogP contribution < -0.4 is 5.32 Å². The van der Waals surface area contributed by atoms with Crippen LogP contribution in [0.1, 0.15) is 19.3 Å². The van der Waals surface area contributed by atoms with E-state index in [0.717, 1.165) is 30.7 Å². The second kappa shape index (κ2) is 6.56. The summed E-state index contributed by atoms with van der Waals surface area (Å²) in [5, 5.41) is 11.8. The van der Waals surface area contributed by atoms with Crippen LogP contribution in [0.25, 0.3) is 0 Å². The van der Waals surface area contributed by atoms with Crippen LogP contribution in [0.15, 0.2) is 34.5 Å². The summed E-state index contributed by atoms with van der Waals surface area (Å²) in [6, 6.07) is 0. The fraction of sp³-hybridized carbons (Fsp3) is 0.533. The third-order valence-corrected chi connectivity index (χ3v) is 5.18. The Balaban J connectivity index is 2.41. The molecule has 1 saturated heterocycles. The number of nitrogens with one attached hydrogen (secondary N) is 1. The van der Waals surface area contributed by atoms with Gasteiger partial charge in [0, 0.05) is 38.0 Å². The van der Waals surface area contributed by atoms with Gasteiger partial charge in [-0.25, -0.2) is 8.42 Å². The molecule has 7 heteroatoms. The molecule has 1 atom stereocenters. The quantitative estimate of drug-likeness (QED) is 0.787. The molecule has 0 bridgehead atoms. The average molecular weight is 326 g/mol. The lowest BCUT2D eigenvalue weighted by Gasteiger charge is -2.32. The summed E-state index contributed by atoms with van der Waals surface area (Å²) in [5.74, 6) is -0.846. The molecule has 0 aromatic rings. The number of sulfone groups is 1. The van der Waals surface area contributed by atoms with Crippen LogP contribution in [0.3, 0.4) is 0 Å². The Morgan fingerprint density at radius 2 is 2.27 bits per heavy atom. The van der Waals surface area contributed by atoms with Crippen molar-refractivity contribution in [2.45, 2.75) is 19.3 Å². The average Bonchev–Trinajstić information content (AvgIpc) is 2.81. The topological polar surface area (TPSA) is 86.7 Å². The van der Waals surface area contributed by atoms with Crippen molar-refractivity contribution in [2.75, 3.05) is 26.4 Å². The van der Waals surface area contributed by atoms with Crippen molar-refractivity contribution in [2.24, 2.45) is 5.92 Å². The van der Waals surface area contributed by atoms with Gasteiger partial charge in [0.15, 0.2) is 9.84 Å². The molecular formula is C15H22N2O4S. The number of aliphatic carboxylic acids is 1. The number of hydrogen-bond donors (Lipinski definition) is 2. The van der Waals surface area contributed by atoms with Crippen molar-refractivity contribution in [3.63, 3.8) is 0 Å². The minimum Gasteiger partial charge on any atom is -0.481 e.